The zero-order valence-corrected chi connectivity index (χ0v) is 17.5. The molecule has 0 spiro atoms. The molecular weight excluding hydrogens is 421 g/mol. The van der Waals surface area contributed by atoms with E-state index in [4.69, 9.17) is 9.47 Å². The zero-order chi connectivity index (χ0) is 19.9. The van der Waals surface area contributed by atoms with E-state index in [1.807, 2.05) is 30.3 Å². The van der Waals surface area contributed by atoms with Gasteiger partial charge < -0.3 is 14.8 Å². The Morgan fingerprint density at radius 3 is 2.46 bits per heavy atom. The monoisotopic (exact) mass is 443 g/mol. The van der Waals surface area contributed by atoms with Crippen LogP contribution in [0.4, 0.5) is 4.39 Å². The molecule has 5 heteroatoms. The highest BCUT2D eigenvalue weighted by molar-refractivity contribution is 9.10. The lowest BCUT2D eigenvalue weighted by Crippen LogP contribution is -2.18. The minimum atomic E-state index is -0.284. The maximum atomic E-state index is 13.8. The van der Waals surface area contributed by atoms with E-state index >= 15 is 0 Å². The third kappa shape index (κ3) is 5.12. The number of ether oxygens (including phenoxy) is 2. The average molecular weight is 444 g/mol. The van der Waals surface area contributed by atoms with Crippen molar-refractivity contribution >= 4 is 15.9 Å². The predicted octanol–water partition coefficient (Wildman–Crippen LogP) is 6.03. The molecule has 3 nitrogen and oxygen atoms in total. The van der Waals surface area contributed by atoms with E-state index in [1.54, 1.807) is 25.3 Å². The second-order valence-corrected chi connectivity index (χ2v) is 7.36. The molecule has 0 aliphatic carbocycles. The standard InChI is InChI=1S/C23H23BrFNO2/c1-16(18-8-4-3-5-9-18)26-14-17-12-20(24)23(22(13-17)27-2)28-15-19-10-6-7-11-21(19)25/h3-13,16,26H,14-15H2,1-2H3. The number of methoxy groups -OCH3 is 1. The fourth-order valence-electron chi connectivity index (χ4n) is 2.91. The molecule has 0 aliphatic rings. The molecule has 3 aromatic carbocycles. The van der Waals surface area contributed by atoms with Crippen molar-refractivity contribution in [2.75, 3.05) is 7.11 Å². The Balaban J connectivity index is 1.69. The Bertz CT molecular complexity index is 918. The molecule has 0 amide bonds. The molecule has 0 aliphatic heterocycles. The highest BCUT2D eigenvalue weighted by Gasteiger charge is 2.14. The molecule has 0 bridgehead atoms. The summed E-state index contributed by atoms with van der Waals surface area (Å²) >= 11 is 3.56. The number of nitrogens with one attached hydrogen (secondary N) is 1. The van der Waals surface area contributed by atoms with Gasteiger partial charge in [-0.05, 0) is 52.2 Å². The minimum Gasteiger partial charge on any atom is -0.493 e. The summed E-state index contributed by atoms with van der Waals surface area (Å²) < 4.78 is 25.9. The molecule has 3 rings (SSSR count). The number of hydrogen-bond acceptors (Lipinski definition) is 3. The summed E-state index contributed by atoms with van der Waals surface area (Å²) in [5.41, 5.74) is 2.79. The summed E-state index contributed by atoms with van der Waals surface area (Å²) in [7, 11) is 1.60. The number of hydrogen-bond donors (Lipinski definition) is 1. The van der Waals surface area contributed by atoms with E-state index in [2.05, 4.69) is 40.3 Å². The number of benzene rings is 3. The van der Waals surface area contributed by atoms with E-state index in [1.165, 1.54) is 11.6 Å². The largest absolute Gasteiger partial charge is 0.493 e. The van der Waals surface area contributed by atoms with Crippen LogP contribution < -0.4 is 14.8 Å². The summed E-state index contributed by atoms with van der Waals surface area (Å²) in [5.74, 6) is 0.883. The normalized spacial score (nSPS) is 11.9. The Hall–Kier alpha value is -2.37. The molecule has 146 valence electrons. The van der Waals surface area contributed by atoms with Gasteiger partial charge in [0.15, 0.2) is 11.5 Å². The van der Waals surface area contributed by atoms with Gasteiger partial charge in [0, 0.05) is 18.2 Å². The van der Waals surface area contributed by atoms with Crippen LogP contribution in [0.1, 0.15) is 29.7 Å². The van der Waals surface area contributed by atoms with Gasteiger partial charge in [0.25, 0.3) is 0 Å². The van der Waals surface area contributed by atoms with Crippen molar-refractivity contribution in [3.8, 4) is 11.5 Å². The predicted molar refractivity (Wildman–Crippen MR) is 113 cm³/mol. The maximum absolute atomic E-state index is 13.8. The van der Waals surface area contributed by atoms with Gasteiger partial charge in [-0.1, -0.05) is 48.5 Å². The van der Waals surface area contributed by atoms with Gasteiger partial charge >= 0.3 is 0 Å². The summed E-state index contributed by atoms with van der Waals surface area (Å²) in [4.78, 5) is 0. The van der Waals surface area contributed by atoms with Crippen molar-refractivity contribution in [2.24, 2.45) is 0 Å². The fraction of sp³-hybridized carbons (Fsp3) is 0.217. The first-order valence-corrected chi connectivity index (χ1v) is 9.88. The molecule has 0 radical (unpaired) electrons. The smallest absolute Gasteiger partial charge is 0.175 e. The van der Waals surface area contributed by atoms with Crippen molar-refractivity contribution in [3.63, 3.8) is 0 Å². The van der Waals surface area contributed by atoms with Crippen LogP contribution in [-0.2, 0) is 13.2 Å². The van der Waals surface area contributed by atoms with Crippen molar-refractivity contribution in [3.05, 3.63) is 93.7 Å². The quantitative estimate of drug-likeness (QED) is 0.461. The van der Waals surface area contributed by atoms with Crippen molar-refractivity contribution in [1.82, 2.24) is 5.32 Å². The molecule has 0 saturated carbocycles. The average Bonchev–Trinajstić information content (AvgIpc) is 2.72. The maximum Gasteiger partial charge on any atom is 0.175 e. The van der Waals surface area contributed by atoms with Crippen molar-refractivity contribution in [1.29, 1.82) is 0 Å². The van der Waals surface area contributed by atoms with Gasteiger partial charge in [-0.25, -0.2) is 4.39 Å². The van der Waals surface area contributed by atoms with Crippen molar-refractivity contribution < 1.29 is 13.9 Å². The topological polar surface area (TPSA) is 30.5 Å². The van der Waals surface area contributed by atoms with Crippen LogP contribution in [0, 0.1) is 5.82 Å². The van der Waals surface area contributed by atoms with Crippen molar-refractivity contribution in [2.45, 2.75) is 26.1 Å². The Kier molecular flexibility index (Phi) is 7.06. The molecule has 0 saturated heterocycles. The second kappa shape index (κ2) is 9.71. The summed E-state index contributed by atoms with van der Waals surface area (Å²) in [6, 6.07) is 21.0. The lowest BCUT2D eigenvalue weighted by atomic mass is 10.1. The van der Waals surface area contributed by atoms with Gasteiger partial charge in [-0.2, -0.15) is 0 Å². The molecular formula is C23H23BrFNO2. The summed E-state index contributed by atoms with van der Waals surface area (Å²) in [6.45, 7) is 2.94. The highest BCUT2D eigenvalue weighted by atomic mass is 79.9. The fourth-order valence-corrected chi connectivity index (χ4v) is 3.52. The van der Waals surface area contributed by atoms with E-state index < -0.39 is 0 Å². The van der Waals surface area contributed by atoms with Crippen LogP contribution in [0.2, 0.25) is 0 Å². The van der Waals surface area contributed by atoms with Crippen LogP contribution >= 0.6 is 15.9 Å². The van der Waals surface area contributed by atoms with E-state index in [0.29, 0.717) is 23.6 Å². The first-order chi connectivity index (χ1) is 13.6. The molecule has 28 heavy (non-hydrogen) atoms. The van der Waals surface area contributed by atoms with Crippen LogP contribution in [0.3, 0.4) is 0 Å². The zero-order valence-electron chi connectivity index (χ0n) is 15.9. The Labute approximate surface area is 173 Å². The van der Waals surface area contributed by atoms with Crippen LogP contribution in [0.25, 0.3) is 0 Å². The molecule has 1 N–H and O–H groups in total. The molecule has 3 aromatic rings. The van der Waals surface area contributed by atoms with Gasteiger partial charge in [-0.3, -0.25) is 0 Å². The molecule has 0 fully saturated rings. The third-order valence-electron chi connectivity index (χ3n) is 4.53. The molecule has 0 aromatic heterocycles. The van der Waals surface area contributed by atoms with E-state index in [9.17, 15) is 4.39 Å². The Morgan fingerprint density at radius 2 is 1.75 bits per heavy atom. The number of rotatable bonds is 8. The van der Waals surface area contributed by atoms with Crippen LogP contribution in [0.5, 0.6) is 11.5 Å². The van der Waals surface area contributed by atoms with Crippen LogP contribution in [-0.4, -0.2) is 7.11 Å². The summed E-state index contributed by atoms with van der Waals surface area (Å²) in [6.07, 6.45) is 0. The van der Waals surface area contributed by atoms with Gasteiger partial charge in [0.2, 0.25) is 0 Å². The third-order valence-corrected chi connectivity index (χ3v) is 5.12. The number of halogens is 2. The Morgan fingerprint density at radius 1 is 1.04 bits per heavy atom. The van der Waals surface area contributed by atoms with Gasteiger partial charge in [0.1, 0.15) is 12.4 Å². The second-order valence-electron chi connectivity index (χ2n) is 6.50. The minimum absolute atomic E-state index is 0.129. The van der Waals surface area contributed by atoms with Gasteiger partial charge in [0.05, 0.1) is 11.6 Å². The molecule has 1 unspecified atom stereocenters. The lowest BCUT2D eigenvalue weighted by molar-refractivity contribution is 0.277. The first kappa shape index (κ1) is 20.4. The van der Waals surface area contributed by atoms with E-state index in [0.717, 1.165) is 10.0 Å². The lowest BCUT2D eigenvalue weighted by Gasteiger charge is -2.17. The first-order valence-electron chi connectivity index (χ1n) is 9.09. The van der Waals surface area contributed by atoms with Crippen LogP contribution in [0.15, 0.2) is 71.2 Å². The molecule has 1 atom stereocenters. The summed E-state index contributed by atoms with van der Waals surface area (Å²) in [5, 5.41) is 3.51. The molecule has 0 heterocycles. The highest BCUT2D eigenvalue weighted by Crippen LogP contribution is 2.37. The van der Waals surface area contributed by atoms with E-state index in [-0.39, 0.29) is 18.5 Å². The van der Waals surface area contributed by atoms with Gasteiger partial charge in [-0.15, -0.1) is 0 Å². The SMILES string of the molecule is COc1cc(CNC(C)c2ccccc2)cc(Br)c1OCc1ccccc1F.